The Balaban J connectivity index is 2.24. The molecule has 4 nitrogen and oxygen atoms in total. The summed E-state index contributed by atoms with van der Waals surface area (Å²) in [6.07, 6.45) is 3.49. The van der Waals surface area contributed by atoms with Crippen molar-refractivity contribution >= 4 is 11.4 Å². The summed E-state index contributed by atoms with van der Waals surface area (Å²) >= 11 is 0. The maximum Gasteiger partial charge on any atom is 0.125 e. The van der Waals surface area contributed by atoms with Gasteiger partial charge < -0.3 is 11.1 Å². The van der Waals surface area contributed by atoms with Crippen LogP contribution in [0, 0.1) is 5.82 Å². The Bertz CT molecular complexity index is 492. The fraction of sp³-hybridized carbons (Fsp3) is 0.182. The van der Waals surface area contributed by atoms with Crippen molar-refractivity contribution in [2.75, 3.05) is 5.32 Å². The smallest absolute Gasteiger partial charge is 0.125 e. The monoisotopic (exact) mass is 220 g/mol. The van der Waals surface area contributed by atoms with Crippen LogP contribution in [-0.4, -0.2) is 9.78 Å². The molecule has 0 saturated carbocycles. The number of anilines is 2. The highest BCUT2D eigenvalue weighted by Gasteiger charge is 2.01. The lowest BCUT2D eigenvalue weighted by molar-refractivity contribution is 0.626. The molecule has 16 heavy (non-hydrogen) atoms. The van der Waals surface area contributed by atoms with Crippen LogP contribution in [0.3, 0.4) is 0 Å². The number of nitrogens with two attached hydrogens (primary N) is 1. The number of halogens is 1. The SMILES string of the molecule is Cn1cc(Nc2cc(F)cc(CN)c2)cn1. The van der Waals surface area contributed by atoms with Gasteiger partial charge in [-0.1, -0.05) is 0 Å². The zero-order valence-electron chi connectivity index (χ0n) is 8.94. The lowest BCUT2D eigenvalue weighted by atomic mass is 10.2. The van der Waals surface area contributed by atoms with E-state index in [9.17, 15) is 4.39 Å². The Morgan fingerprint density at radius 1 is 1.38 bits per heavy atom. The third kappa shape index (κ3) is 2.38. The van der Waals surface area contributed by atoms with E-state index < -0.39 is 0 Å². The van der Waals surface area contributed by atoms with Crippen molar-refractivity contribution in [3.63, 3.8) is 0 Å². The quantitative estimate of drug-likeness (QED) is 0.828. The fourth-order valence-electron chi connectivity index (χ4n) is 1.49. The van der Waals surface area contributed by atoms with E-state index in [1.807, 2.05) is 19.3 Å². The van der Waals surface area contributed by atoms with Crippen LogP contribution in [0.25, 0.3) is 0 Å². The first kappa shape index (κ1) is 10.6. The first-order valence-corrected chi connectivity index (χ1v) is 4.92. The molecule has 0 spiro atoms. The summed E-state index contributed by atoms with van der Waals surface area (Å²) in [5.74, 6) is -0.297. The summed E-state index contributed by atoms with van der Waals surface area (Å²) in [6.45, 7) is 0.319. The third-order valence-electron chi connectivity index (χ3n) is 2.19. The molecule has 0 fully saturated rings. The standard InChI is InChI=1S/C11H13FN4/c1-16-7-11(6-14-16)15-10-3-8(5-13)2-9(12)4-10/h2-4,6-7,15H,5,13H2,1H3. The fourth-order valence-corrected chi connectivity index (χ4v) is 1.49. The number of rotatable bonds is 3. The molecule has 0 bridgehead atoms. The molecule has 3 N–H and O–H groups in total. The molecule has 1 aromatic carbocycles. The first-order valence-electron chi connectivity index (χ1n) is 4.92. The van der Waals surface area contributed by atoms with Gasteiger partial charge in [0.1, 0.15) is 5.82 Å². The molecule has 2 aromatic rings. The summed E-state index contributed by atoms with van der Waals surface area (Å²) in [7, 11) is 1.82. The van der Waals surface area contributed by atoms with Crippen molar-refractivity contribution in [2.45, 2.75) is 6.54 Å². The summed E-state index contributed by atoms with van der Waals surface area (Å²) in [5.41, 5.74) is 7.72. The van der Waals surface area contributed by atoms with Crippen molar-refractivity contribution in [3.8, 4) is 0 Å². The van der Waals surface area contributed by atoms with Crippen LogP contribution in [0.5, 0.6) is 0 Å². The minimum atomic E-state index is -0.297. The number of benzene rings is 1. The highest BCUT2D eigenvalue weighted by molar-refractivity contribution is 5.58. The summed E-state index contributed by atoms with van der Waals surface area (Å²) in [4.78, 5) is 0. The van der Waals surface area contributed by atoms with E-state index in [0.717, 1.165) is 11.3 Å². The molecule has 0 amide bonds. The number of nitrogens with zero attached hydrogens (tertiary/aromatic N) is 2. The molecule has 0 aliphatic heterocycles. The van der Waals surface area contributed by atoms with Crippen molar-refractivity contribution < 1.29 is 4.39 Å². The maximum absolute atomic E-state index is 13.2. The van der Waals surface area contributed by atoms with Crippen LogP contribution in [0.1, 0.15) is 5.56 Å². The molecule has 5 heteroatoms. The van der Waals surface area contributed by atoms with Crippen molar-refractivity contribution in [2.24, 2.45) is 12.8 Å². The van der Waals surface area contributed by atoms with E-state index in [1.165, 1.54) is 12.1 Å². The Morgan fingerprint density at radius 3 is 2.81 bits per heavy atom. The van der Waals surface area contributed by atoms with Gasteiger partial charge in [-0.2, -0.15) is 5.10 Å². The van der Waals surface area contributed by atoms with Crippen molar-refractivity contribution in [1.82, 2.24) is 9.78 Å². The second-order valence-electron chi connectivity index (χ2n) is 3.58. The van der Waals surface area contributed by atoms with E-state index >= 15 is 0 Å². The average molecular weight is 220 g/mol. The predicted octanol–water partition coefficient (Wildman–Crippen LogP) is 1.76. The van der Waals surface area contributed by atoms with Crippen LogP contribution < -0.4 is 11.1 Å². The van der Waals surface area contributed by atoms with Crippen molar-refractivity contribution in [1.29, 1.82) is 0 Å². The van der Waals surface area contributed by atoms with Gasteiger partial charge in [0.15, 0.2) is 0 Å². The number of nitrogens with one attached hydrogen (secondary N) is 1. The van der Waals surface area contributed by atoms with Gasteiger partial charge in [0.2, 0.25) is 0 Å². The number of hydrogen-bond donors (Lipinski definition) is 2. The minimum Gasteiger partial charge on any atom is -0.353 e. The van der Waals surface area contributed by atoms with Gasteiger partial charge in [-0.15, -0.1) is 0 Å². The third-order valence-corrected chi connectivity index (χ3v) is 2.19. The normalized spacial score (nSPS) is 10.4. The molecule has 1 aromatic heterocycles. The van der Waals surface area contributed by atoms with Gasteiger partial charge >= 0.3 is 0 Å². The zero-order chi connectivity index (χ0) is 11.5. The summed E-state index contributed by atoms with van der Waals surface area (Å²) in [6, 6.07) is 4.66. The molecule has 0 radical (unpaired) electrons. The Hall–Kier alpha value is -1.88. The molecule has 0 aliphatic rings. The molecule has 0 unspecified atom stereocenters. The molecule has 1 heterocycles. The Kier molecular flexibility index (Phi) is 2.87. The number of aryl methyl sites for hydroxylation is 1. The zero-order valence-corrected chi connectivity index (χ0v) is 8.94. The van der Waals surface area contributed by atoms with Crippen molar-refractivity contribution in [3.05, 3.63) is 42.0 Å². The van der Waals surface area contributed by atoms with E-state index in [4.69, 9.17) is 5.73 Å². The average Bonchev–Trinajstić information content (AvgIpc) is 2.63. The molecular formula is C11H13FN4. The van der Waals surface area contributed by atoms with E-state index in [0.29, 0.717) is 12.2 Å². The topological polar surface area (TPSA) is 55.9 Å². The number of aromatic nitrogens is 2. The van der Waals surface area contributed by atoms with Gasteiger partial charge in [0.05, 0.1) is 11.9 Å². The molecule has 2 rings (SSSR count). The minimum absolute atomic E-state index is 0.297. The van der Waals surface area contributed by atoms with Crippen LogP contribution >= 0.6 is 0 Å². The highest BCUT2D eigenvalue weighted by Crippen LogP contribution is 2.18. The van der Waals surface area contributed by atoms with E-state index in [1.54, 1.807) is 10.9 Å². The van der Waals surface area contributed by atoms with Gasteiger partial charge in [-0.3, -0.25) is 4.68 Å². The molecule has 84 valence electrons. The van der Waals surface area contributed by atoms with Crippen LogP contribution in [0.4, 0.5) is 15.8 Å². The molecule has 0 atom stereocenters. The highest BCUT2D eigenvalue weighted by atomic mass is 19.1. The Morgan fingerprint density at radius 2 is 2.19 bits per heavy atom. The van der Waals surface area contributed by atoms with E-state index in [2.05, 4.69) is 10.4 Å². The largest absolute Gasteiger partial charge is 0.353 e. The second kappa shape index (κ2) is 4.32. The van der Waals surface area contributed by atoms with Crippen LogP contribution in [0.15, 0.2) is 30.6 Å². The lowest BCUT2D eigenvalue weighted by Gasteiger charge is -2.05. The van der Waals surface area contributed by atoms with E-state index in [-0.39, 0.29) is 5.82 Å². The molecular weight excluding hydrogens is 207 g/mol. The van der Waals surface area contributed by atoms with Gasteiger partial charge in [0, 0.05) is 25.5 Å². The Labute approximate surface area is 92.9 Å². The lowest BCUT2D eigenvalue weighted by Crippen LogP contribution is -1.99. The predicted molar refractivity (Wildman–Crippen MR) is 60.8 cm³/mol. The molecule has 0 saturated heterocycles. The second-order valence-corrected chi connectivity index (χ2v) is 3.58. The molecule has 0 aliphatic carbocycles. The van der Waals surface area contributed by atoms with Gasteiger partial charge in [-0.05, 0) is 23.8 Å². The van der Waals surface area contributed by atoms with Gasteiger partial charge in [0.25, 0.3) is 0 Å². The van der Waals surface area contributed by atoms with Gasteiger partial charge in [-0.25, -0.2) is 4.39 Å². The summed E-state index contributed by atoms with van der Waals surface area (Å²) < 4.78 is 14.9. The summed E-state index contributed by atoms with van der Waals surface area (Å²) in [5, 5.41) is 7.07. The first-order chi connectivity index (χ1) is 7.67. The number of hydrogen-bond acceptors (Lipinski definition) is 3. The van der Waals surface area contributed by atoms with Crippen LogP contribution in [0.2, 0.25) is 0 Å². The maximum atomic E-state index is 13.2. The van der Waals surface area contributed by atoms with Crippen LogP contribution in [-0.2, 0) is 13.6 Å².